The number of aliphatic hydroxyl groups excluding tert-OH is 1. The van der Waals surface area contributed by atoms with Gasteiger partial charge in [-0.15, -0.1) is 0 Å². The number of aromatic amines is 1. The lowest BCUT2D eigenvalue weighted by atomic mass is 10.1. The molecule has 0 aliphatic carbocycles. The largest absolute Gasteiger partial charge is 0.387 e. The predicted molar refractivity (Wildman–Crippen MR) is 80.5 cm³/mol. The van der Waals surface area contributed by atoms with Crippen molar-refractivity contribution < 1.29 is 13.5 Å². The molecular formula is C15H15NO3S. The van der Waals surface area contributed by atoms with Crippen LogP contribution in [0.25, 0.3) is 21.8 Å². The van der Waals surface area contributed by atoms with Crippen molar-refractivity contribution in [1.29, 1.82) is 0 Å². The quantitative estimate of drug-likeness (QED) is 0.778. The summed E-state index contributed by atoms with van der Waals surface area (Å²) in [6.07, 6.45) is 0.128. The van der Waals surface area contributed by atoms with Crippen molar-refractivity contribution in [3.63, 3.8) is 0 Å². The number of aliphatic hydroxyl groups is 1. The number of para-hydroxylation sites is 1. The van der Waals surface area contributed by atoms with Gasteiger partial charge >= 0.3 is 0 Å². The molecule has 5 heteroatoms. The summed E-state index contributed by atoms with van der Waals surface area (Å²) < 4.78 is 22.5. The molecule has 0 aliphatic rings. The molecule has 4 nitrogen and oxygen atoms in total. The van der Waals surface area contributed by atoms with E-state index < -0.39 is 15.9 Å². The standard InChI is InChI=1S/C15H15NO3S/c1-20(18,19)9-15(17)10-6-7-14-12(8-10)11-4-2-3-5-13(11)16-14/h2-8,15-17H,9H2,1H3. The van der Waals surface area contributed by atoms with Crippen molar-refractivity contribution in [3.8, 4) is 0 Å². The van der Waals surface area contributed by atoms with Gasteiger partial charge < -0.3 is 10.1 Å². The summed E-state index contributed by atoms with van der Waals surface area (Å²) >= 11 is 0. The third-order valence-electron chi connectivity index (χ3n) is 3.38. The third kappa shape index (κ3) is 2.42. The monoisotopic (exact) mass is 289 g/mol. The highest BCUT2D eigenvalue weighted by molar-refractivity contribution is 7.90. The predicted octanol–water partition coefficient (Wildman–Crippen LogP) is 2.40. The van der Waals surface area contributed by atoms with Crippen LogP contribution >= 0.6 is 0 Å². The van der Waals surface area contributed by atoms with Gasteiger partial charge in [0.25, 0.3) is 0 Å². The summed E-state index contributed by atoms with van der Waals surface area (Å²) in [7, 11) is -3.21. The first kappa shape index (κ1) is 13.1. The Hall–Kier alpha value is -1.85. The molecule has 0 spiro atoms. The highest BCUT2D eigenvalue weighted by Crippen LogP contribution is 2.28. The molecule has 1 unspecified atom stereocenters. The molecule has 0 bridgehead atoms. The summed E-state index contributed by atoms with van der Waals surface area (Å²) in [6, 6.07) is 13.4. The molecule has 1 atom stereocenters. The van der Waals surface area contributed by atoms with Crippen LogP contribution in [-0.2, 0) is 9.84 Å². The first-order valence-corrected chi connectivity index (χ1v) is 8.36. The van der Waals surface area contributed by atoms with Crippen LogP contribution in [0.15, 0.2) is 42.5 Å². The van der Waals surface area contributed by atoms with Crippen molar-refractivity contribution in [1.82, 2.24) is 4.98 Å². The number of H-pyrrole nitrogens is 1. The normalized spacial score (nSPS) is 13.9. The van der Waals surface area contributed by atoms with E-state index in [1.54, 1.807) is 6.07 Å². The van der Waals surface area contributed by atoms with Crippen LogP contribution in [0.5, 0.6) is 0 Å². The minimum absolute atomic E-state index is 0.263. The lowest BCUT2D eigenvalue weighted by molar-refractivity contribution is 0.202. The fourth-order valence-electron chi connectivity index (χ4n) is 2.46. The SMILES string of the molecule is CS(=O)(=O)CC(O)c1ccc2[nH]c3ccccc3c2c1. The number of aromatic nitrogens is 1. The fraction of sp³-hybridized carbons (Fsp3) is 0.200. The van der Waals surface area contributed by atoms with Gasteiger partial charge in [0.15, 0.2) is 0 Å². The highest BCUT2D eigenvalue weighted by Gasteiger charge is 2.15. The minimum Gasteiger partial charge on any atom is -0.387 e. The van der Waals surface area contributed by atoms with Crippen molar-refractivity contribution in [2.24, 2.45) is 0 Å². The molecule has 2 aromatic carbocycles. The minimum atomic E-state index is -3.21. The molecule has 1 heterocycles. The Morgan fingerprint density at radius 2 is 1.80 bits per heavy atom. The second kappa shape index (κ2) is 4.61. The van der Waals surface area contributed by atoms with Crippen LogP contribution in [-0.4, -0.2) is 30.5 Å². The van der Waals surface area contributed by atoms with Gasteiger partial charge in [0.1, 0.15) is 9.84 Å². The Morgan fingerprint density at radius 1 is 1.10 bits per heavy atom. The fourth-order valence-corrected chi connectivity index (χ4v) is 3.22. The van der Waals surface area contributed by atoms with Gasteiger partial charge in [-0.25, -0.2) is 8.42 Å². The van der Waals surface area contributed by atoms with Gasteiger partial charge in [-0.05, 0) is 23.8 Å². The van der Waals surface area contributed by atoms with Crippen molar-refractivity contribution in [2.45, 2.75) is 6.10 Å². The maximum Gasteiger partial charge on any atom is 0.150 e. The van der Waals surface area contributed by atoms with Crippen LogP contribution in [0.4, 0.5) is 0 Å². The lowest BCUT2D eigenvalue weighted by Crippen LogP contribution is -2.12. The summed E-state index contributed by atoms with van der Waals surface area (Å²) in [5, 5.41) is 12.1. The lowest BCUT2D eigenvalue weighted by Gasteiger charge is -2.09. The summed E-state index contributed by atoms with van der Waals surface area (Å²) in [5.41, 5.74) is 2.62. The van der Waals surface area contributed by atoms with Gasteiger partial charge in [0.05, 0.1) is 11.9 Å². The zero-order valence-electron chi connectivity index (χ0n) is 11.0. The van der Waals surface area contributed by atoms with Crippen molar-refractivity contribution in [2.75, 3.05) is 12.0 Å². The van der Waals surface area contributed by atoms with E-state index in [0.717, 1.165) is 28.1 Å². The van der Waals surface area contributed by atoms with Crippen molar-refractivity contribution >= 4 is 31.6 Å². The summed E-state index contributed by atoms with van der Waals surface area (Å²) in [5.74, 6) is -0.263. The van der Waals surface area contributed by atoms with Gasteiger partial charge in [-0.3, -0.25) is 0 Å². The molecule has 0 amide bonds. The number of benzene rings is 2. The zero-order chi connectivity index (χ0) is 14.3. The van der Waals surface area contributed by atoms with E-state index in [0.29, 0.717) is 5.56 Å². The van der Waals surface area contributed by atoms with Crippen LogP contribution < -0.4 is 0 Å². The molecule has 0 radical (unpaired) electrons. The van der Waals surface area contributed by atoms with E-state index in [1.165, 1.54) is 0 Å². The number of rotatable bonds is 3. The maximum absolute atomic E-state index is 11.3. The molecule has 0 aliphatic heterocycles. The number of hydrogen-bond acceptors (Lipinski definition) is 3. The van der Waals surface area contributed by atoms with E-state index in [2.05, 4.69) is 4.98 Å². The topological polar surface area (TPSA) is 70.2 Å². The molecule has 0 saturated carbocycles. The summed E-state index contributed by atoms with van der Waals surface area (Å²) in [4.78, 5) is 3.29. The van der Waals surface area contributed by atoms with Gasteiger partial charge in [-0.1, -0.05) is 24.3 Å². The Kier molecular flexibility index (Phi) is 3.03. The van der Waals surface area contributed by atoms with E-state index in [1.807, 2.05) is 36.4 Å². The Labute approximate surface area is 117 Å². The highest BCUT2D eigenvalue weighted by atomic mass is 32.2. The van der Waals surface area contributed by atoms with Crippen LogP contribution in [0.2, 0.25) is 0 Å². The first-order valence-electron chi connectivity index (χ1n) is 6.30. The van der Waals surface area contributed by atoms with E-state index in [4.69, 9.17) is 0 Å². The number of hydrogen-bond donors (Lipinski definition) is 2. The second-order valence-corrected chi connectivity index (χ2v) is 7.27. The van der Waals surface area contributed by atoms with Crippen LogP contribution in [0, 0.1) is 0 Å². The van der Waals surface area contributed by atoms with Gasteiger partial charge in [0, 0.05) is 28.1 Å². The van der Waals surface area contributed by atoms with E-state index in [-0.39, 0.29) is 5.75 Å². The molecule has 3 aromatic rings. The van der Waals surface area contributed by atoms with Gasteiger partial charge in [-0.2, -0.15) is 0 Å². The van der Waals surface area contributed by atoms with Crippen LogP contribution in [0.3, 0.4) is 0 Å². The Balaban J connectivity index is 2.12. The summed E-state index contributed by atoms with van der Waals surface area (Å²) in [6.45, 7) is 0. The second-order valence-electron chi connectivity index (χ2n) is 5.08. The molecule has 3 rings (SSSR count). The molecule has 2 N–H and O–H groups in total. The Bertz CT molecular complexity index is 880. The average molecular weight is 289 g/mol. The smallest absolute Gasteiger partial charge is 0.150 e. The molecule has 0 fully saturated rings. The number of nitrogens with one attached hydrogen (secondary N) is 1. The van der Waals surface area contributed by atoms with Gasteiger partial charge in [0.2, 0.25) is 0 Å². The molecule has 104 valence electrons. The van der Waals surface area contributed by atoms with Crippen molar-refractivity contribution in [3.05, 3.63) is 48.0 Å². The number of fused-ring (bicyclic) bond motifs is 3. The molecular weight excluding hydrogens is 274 g/mol. The van der Waals surface area contributed by atoms with Crippen LogP contribution in [0.1, 0.15) is 11.7 Å². The van der Waals surface area contributed by atoms with E-state index in [9.17, 15) is 13.5 Å². The zero-order valence-corrected chi connectivity index (χ0v) is 11.8. The molecule has 20 heavy (non-hydrogen) atoms. The number of sulfone groups is 1. The van der Waals surface area contributed by atoms with E-state index >= 15 is 0 Å². The third-order valence-corrected chi connectivity index (χ3v) is 4.30. The Morgan fingerprint density at radius 3 is 2.55 bits per heavy atom. The average Bonchev–Trinajstić information content (AvgIpc) is 2.74. The molecule has 0 saturated heterocycles. The first-order chi connectivity index (χ1) is 9.44. The molecule has 1 aromatic heterocycles. The maximum atomic E-state index is 11.3.